The summed E-state index contributed by atoms with van der Waals surface area (Å²) < 4.78 is 12.1. The summed E-state index contributed by atoms with van der Waals surface area (Å²) in [5, 5.41) is 3.65. The lowest BCUT2D eigenvalue weighted by Gasteiger charge is -2.16. The summed E-state index contributed by atoms with van der Waals surface area (Å²) >= 11 is 0. The normalized spacial score (nSPS) is 22.4. The van der Waals surface area contributed by atoms with Crippen LogP contribution in [0.2, 0.25) is 0 Å². The molecule has 11 nitrogen and oxygen atoms in total. The van der Waals surface area contributed by atoms with Gasteiger partial charge in [-0.15, -0.1) is 0 Å². The molecule has 2 rings (SSSR count). The van der Waals surface area contributed by atoms with Crippen molar-refractivity contribution in [1.82, 2.24) is 9.55 Å². The lowest BCUT2D eigenvalue weighted by molar-refractivity contribution is -0.148. The van der Waals surface area contributed by atoms with Gasteiger partial charge in [-0.2, -0.15) is 0 Å². The molecule has 1 aromatic rings. The number of rotatable bonds is 7. The number of esters is 1. The van der Waals surface area contributed by atoms with Crippen LogP contribution in [0.4, 0.5) is 0 Å². The van der Waals surface area contributed by atoms with Gasteiger partial charge in [0.2, 0.25) is 0 Å². The van der Waals surface area contributed by atoms with Crippen molar-refractivity contribution in [3.8, 4) is 0 Å². The summed E-state index contributed by atoms with van der Waals surface area (Å²) in [7, 11) is 0. The summed E-state index contributed by atoms with van der Waals surface area (Å²) in [5.41, 5.74) is 13.3. The third-order valence-electron chi connectivity index (χ3n) is 3.85. The molecule has 0 radical (unpaired) electrons. The van der Waals surface area contributed by atoms with Crippen LogP contribution < -0.4 is 17.0 Å². The molecule has 1 aliphatic heterocycles. The molecule has 0 saturated carbocycles. The first-order valence-electron chi connectivity index (χ1n) is 7.83. The summed E-state index contributed by atoms with van der Waals surface area (Å²) in [4.78, 5) is 40.0. The van der Waals surface area contributed by atoms with Gasteiger partial charge in [-0.3, -0.25) is 19.1 Å². The molecule has 11 heteroatoms. The van der Waals surface area contributed by atoms with E-state index in [9.17, 15) is 14.4 Å². The highest BCUT2D eigenvalue weighted by Gasteiger charge is 2.37. The first-order chi connectivity index (χ1) is 12.0. The van der Waals surface area contributed by atoms with Crippen LogP contribution in [-0.2, 0) is 14.3 Å². The van der Waals surface area contributed by atoms with E-state index in [0.29, 0.717) is 18.5 Å². The first kappa shape index (κ1) is 18.7. The van der Waals surface area contributed by atoms with Crippen LogP contribution in [0, 0.1) is 6.92 Å². The lowest BCUT2D eigenvalue weighted by atomic mass is 10.1. The largest absolute Gasteiger partial charge is 0.463 e. The van der Waals surface area contributed by atoms with Crippen molar-refractivity contribution in [2.75, 3.05) is 13.2 Å². The predicted molar refractivity (Wildman–Crippen MR) is 86.8 cm³/mol. The molecule has 3 N–H and O–H groups in total. The van der Waals surface area contributed by atoms with E-state index < -0.39 is 35.6 Å². The first-order valence-corrected chi connectivity index (χ1v) is 7.83. The van der Waals surface area contributed by atoms with E-state index in [-0.39, 0.29) is 19.4 Å². The van der Waals surface area contributed by atoms with Crippen molar-refractivity contribution >= 4 is 5.97 Å². The monoisotopic (exact) mass is 352 g/mol. The number of aryl methyl sites for hydroxylation is 1. The average Bonchev–Trinajstić information content (AvgIpc) is 2.97. The van der Waals surface area contributed by atoms with Crippen LogP contribution in [0.5, 0.6) is 0 Å². The topological polar surface area (TPSA) is 165 Å². The standard InChI is InChI=1S/C14H20N6O5/c1-8-6-20(14(23)17-13(8)22)11-5-9(18-19-16)10(25-11)7-24-12(21)3-2-4-15/h6,9-11H,2-5,7,15H2,1H3,(H,17,22,23). The Labute approximate surface area is 142 Å². The number of hydrogen-bond acceptors (Lipinski definition) is 7. The molecule has 0 spiro atoms. The quantitative estimate of drug-likeness (QED) is 0.305. The number of aromatic amines is 1. The van der Waals surface area contributed by atoms with Gasteiger partial charge in [-0.25, -0.2) is 4.79 Å². The number of hydrogen-bond donors (Lipinski definition) is 2. The fourth-order valence-corrected chi connectivity index (χ4v) is 2.52. The number of nitrogens with one attached hydrogen (secondary N) is 1. The number of azide groups is 1. The molecule has 1 aliphatic rings. The molecule has 25 heavy (non-hydrogen) atoms. The van der Waals surface area contributed by atoms with E-state index >= 15 is 0 Å². The van der Waals surface area contributed by atoms with Crippen LogP contribution in [-0.4, -0.2) is 40.8 Å². The molecule has 0 aliphatic carbocycles. The second-order valence-corrected chi connectivity index (χ2v) is 5.69. The van der Waals surface area contributed by atoms with Crippen LogP contribution in [0.15, 0.2) is 20.9 Å². The number of nitrogens with zero attached hydrogens (tertiary/aromatic N) is 4. The summed E-state index contributed by atoms with van der Waals surface area (Å²) in [5.74, 6) is -0.422. The van der Waals surface area contributed by atoms with E-state index in [2.05, 4.69) is 15.0 Å². The lowest BCUT2D eigenvalue weighted by Crippen LogP contribution is -2.33. The minimum atomic E-state index is -0.730. The Balaban J connectivity index is 2.10. The highest BCUT2D eigenvalue weighted by atomic mass is 16.6. The number of ether oxygens (including phenoxy) is 2. The van der Waals surface area contributed by atoms with Gasteiger partial charge in [-0.05, 0) is 25.4 Å². The van der Waals surface area contributed by atoms with Crippen LogP contribution >= 0.6 is 0 Å². The molecular weight excluding hydrogens is 332 g/mol. The smallest absolute Gasteiger partial charge is 0.330 e. The van der Waals surface area contributed by atoms with Crippen molar-refractivity contribution in [3.63, 3.8) is 0 Å². The molecular formula is C14H20N6O5. The molecule has 3 atom stereocenters. The number of nitrogens with two attached hydrogens (primary N) is 1. The molecule has 1 aromatic heterocycles. The Kier molecular flexibility index (Phi) is 6.34. The van der Waals surface area contributed by atoms with Gasteiger partial charge in [0.25, 0.3) is 5.56 Å². The predicted octanol–water partition coefficient (Wildman–Crippen LogP) is 0.0935. The number of H-pyrrole nitrogens is 1. The molecule has 1 fully saturated rings. The van der Waals surface area contributed by atoms with Gasteiger partial charge < -0.3 is 15.2 Å². The van der Waals surface area contributed by atoms with Gasteiger partial charge in [0.05, 0.1) is 6.04 Å². The second kappa shape index (κ2) is 8.47. The van der Waals surface area contributed by atoms with Crippen molar-refractivity contribution in [2.45, 2.75) is 44.6 Å². The maximum atomic E-state index is 12.0. The van der Waals surface area contributed by atoms with Crippen LogP contribution in [0.3, 0.4) is 0 Å². The van der Waals surface area contributed by atoms with E-state index in [0.717, 1.165) is 0 Å². The minimum Gasteiger partial charge on any atom is -0.463 e. The fraction of sp³-hybridized carbons (Fsp3) is 0.643. The summed E-state index contributed by atoms with van der Waals surface area (Å²) in [6.45, 7) is 1.85. The van der Waals surface area contributed by atoms with Gasteiger partial charge in [0, 0.05) is 29.5 Å². The highest BCUT2D eigenvalue weighted by Crippen LogP contribution is 2.30. The van der Waals surface area contributed by atoms with Gasteiger partial charge in [0.15, 0.2) is 0 Å². The fourth-order valence-electron chi connectivity index (χ4n) is 2.52. The Morgan fingerprint density at radius 1 is 1.60 bits per heavy atom. The minimum absolute atomic E-state index is 0.0966. The Hall–Kier alpha value is -2.62. The molecule has 0 bridgehead atoms. The third-order valence-corrected chi connectivity index (χ3v) is 3.85. The molecule has 2 heterocycles. The summed E-state index contributed by atoms with van der Waals surface area (Å²) in [6.07, 6.45) is 0.902. The number of aromatic nitrogens is 2. The molecule has 3 unspecified atom stereocenters. The van der Waals surface area contributed by atoms with Crippen molar-refractivity contribution < 1.29 is 14.3 Å². The number of carbonyl (C=O) groups excluding carboxylic acids is 1. The van der Waals surface area contributed by atoms with Gasteiger partial charge >= 0.3 is 11.7 Å². The Bertz CT molecular complexity index is 781. The van der Waals surface area contributed by atoms with E-state index in [1.54, 1.807) is 6.92 Å². The second-order valence-electron chi connectivity index (χ2n) is 5.69. The third kappa shape index (κ3) is 4.69. The SMILES string of the molecule is Cc1cn(C2CC(N=[N+]=[N-])C(COC(=O)CCCN)O2)c(=O)[nH]c1=O. The average molecular weight is 352 g/mol. The van der Waals surface area contributed by atoms with Crippen molar-refractivity contribution in [1.29, 1.82) is 0 Å². The zero-order valence-electron chi connectivity index (χ0n) is 13.8. The van der Waals surface area contributed by atoms with Gasteiger partial charge in [-0.1, -0.05) is 5.11 Å². The van der Waals surface area contributed by atoms with Crippen LogP contribution in [0.25, 0.3) is 10.4 Å². The molecule has 1 saturated heterocycles. The van der Waals surface area contributed by atoms with Crippen molar-refractivity contribution in [3.05, 3.63) is 43.0 Å². The molecule has 0 amide bonds. The van der Waals surface area contributed by atoms with E-state index in [1.807, 2.05) is 0 Å². The van der Waals surface area contributed by atoms with Crippen LogP contribution in [0.1, 0.15) is 31.1 Å². The van der Waals surface area contributed by atoms with E-state index in [4.69, 9.17) is 20.7 Å². The molecule has 136 valence electrons. The zero-order valence-corrected chi connectivity index (χ0v) is 13.8. The Morgan fingerprint density at radius 3 is 3.04 bits per heavy atom. The summed E-state index contributed by atoms with van der Waals surface area (Å²) in [6, 6.07) is -0.601. The number of carbonyl (C=O) groups is 1. The highest BCUT2D eigenvalue weighted by molar-refractivity contribution is 5.69. The maximum absolute atomic E-state index is 12.0. The van der Waals surface area contributed by atoms with Gasteiger partial charge in [0.1, 0.15) is 18.9 Å². The maximum Gasteiger partial charge on any atom is 0.330 e. The van der Waals surface area contributed by atoms with E-state index in [1.165, 1.54) is 10.8 Å². The zero-order chi connectivity index (χ0) is 18.4. The van der Waals surface area contributed by atoms with Crippen molar-refractivity contribution in [2.24, 2.45) is 10.8 Å². The Morgan fingerprint density at radius 2 is 2.36 bits per heavy atom. The molecule has 0 aromatic carbocycles.